The summed E-state index contributed by atoms with van der Waals surface area (Å²) in [6, 6.07) is 38.3. The second kappa shape index (κ2) is 17.5. The molecule has 0 radical (unpaired) electrons. The van der Waals surface area contributed by atoms with Gasteiger partial charge in [0.25, 0.3) is 0 Å². The van der Waals surface area contributed by atoms with E-state index in [1.807, 2.05) is 38.1 Å². The SMILES string of the molecule is C=CC1=C(C)c2cc3[nH]c(c4c5[nH]c(cc6nc(cc1n2)C(C)=C6CC)c(C)c5C(=O)OC4=O)C(CCC(=O)NCCC[P+](c1ccccc1)(c1ccccc1)c1ccccc1)[C@@H]3C. The summed E-state index contributed by atoms with van der Waals surface area (Å²) in [4.78, 5) is 58.6. The molecule has 10 heteroatoms. The maximum atomic E-state index is 14.0. The number of carbonyl (C=O) groups is 3. The maximum absolute atomic E-state index is 14.0. The molecule has 2 atom stereocenters. The molecule has 1 unspecified atom stereocenters. The Morgan fingerprint density at radius 3 is 1.98 bits per heavy atom. The van der Waals surface area contributed by atoms with Crippen LogP contribution in [0.5, 0.6) is 0 Å². The minimum atomic E-state index is -2.04. The molecule has 6 heterocycles. The summed E-state index contributed by atoms with van der Waals surface area (Å²) in [5.41, 5.74) is 11.0. The highest BCUT2D eigenvalue weighted by Crippen LogP contribution is 2.55. The zero-order chi connectivity index (χ0) is 44.7. The molecule has 3 N–H and O–H groups in total. The van der Waals surface area contributed by atoms with Crippen LogP contribution in [0.4, 0.5) is 0 Å². The Bertz CT molecular complexity index is 2890. The normalized spacial score (nSPS) is 16.5. The zero-order valence-corrected chi connectivity index (χ0v) is 37.9. The molecule has 8 bridgehead atoms. The third-order valence-electron chi connectivity index (χ3n) is 13.5. The summed E-state index contributed by atoms with van der Waals surface area (Å²) in [6.07, 6.45) is 4.95. The number of hydrogen-bond donors (Lipinski definition) is 3. The lowest BCUT2D eigenvalue weighted by Gasteiger charge is -2.27. The van der Waals surface area contributed by atoms with Crippen LogP contribution in [0.25, 0.3) is 33.3 Å². The molecule has 64 heavy (non-hydrogen) atoms. The first-order chi connectivity index (χ1) is 31.0. The molecule has 0 spiro atoms. The van der Waals surface area contributed by atoms with Crippen molar-refractivity contribution in [2.24, 2.45) is 0 Å². The highest BCUT2D eigenvalue weighted by atomic mass is 31.2. The van der Waals surface area contributed by atoms with Gasteiger partial charge in [-0.1, -0.05) is 81.1 Å². The van der Waals surface area contributed by atoms with E-state index >= 15 is 0 Å². The van der Waals surface area contributed by atoms with Crippen LogP contribution < -0.4 is 21.2 Å². The smallest absolute Gasteiger partial charge is 0.349 e. The van der Waals surface area contributed by atoms with Gasteiger partial charge in [0.05, 0.1) is 40.0 Å². The lowest BCUT2D eigenvalue weighted by atomic mass is 9.85. The van der Waals surface area contributed by atoms with Crippen LogP contribution in [-0.4, -0.2) is 50.5 Å². The number of aromatic nitrogens is 4. The van der Waals surface area contributed by atoms with E-state index < -0.39 is 19.2 Å². The molecule has 9 rings (SSSR count). The number of nitrogens with one attached hydrogen (secondary N) is 3. The molecule has 5 aromatic rings. The molecular formula is C54H53N5O4P+. The lowest BCUT2D eigenvalue weighted by Crippen LogP contribution is -2.34. The van der Waals surface area contributed by atoms with Gasteiger partial charge in [-0.15, -0.1) is 0 Å². The van der Waals surface area contributed by atoms with Crippen LogP contribution >= 0.6 is 7.26 Å². The molecule has 4 aliphatic rings. The minimum Gasteiger partial charge on any atom is -0.386 e. The van der Waals surface area contributed by atoms with Crippen LogP contribution in [0, 0.1) is 6.92 Å². The first-order valence-electron chi connectivity index (χ1n) is 22.2. The number of fused-ring (bicyclic) bond motifs is 8. The number of carbonyl (C=O) groups excluding carboxylic acids is 3. The zero-order valence-electron chi connectivity index (χ0n) is 37.0. The Kier molecular flexibility index (Phi) is 11.6. The number of H-pyrrole nitrogens is 2. The summed E-state index contributed by atoms with van der Waals surface area (Å²) >= 11 is 0. The molecule has 9 nitrogen and oxygen atoms in total. The molecule has 0 saturated heterocycles. The lowest BCUT2D eigenvalue weighted by molar-refractivity contribution is -0.121. The Hall–Kier alpha value is -6.70. The van der Waals surface area contributed by atoms with Gasteiger partial charge >= 0.3 is 11.9 Å². The number of nitrogens with zero attached hydrogens (tertiary/aromatic N) is 2. The second-order valence-electron chi connectivity index (χ2n) is 17.0. The van der Waals surface area contributed by atoms with Gasteiger partial charge in [0.15, 0.2) is 0 Å². The monoisotopic (exact) mass is 866 g/mol. The third kappa shape index (κ3) is 7.41. The van der Waals surface area contributed by atoms with Crippen molar-refractivity contribution in [2.75, 3.05) is 12.7 Å². The Morgan fingerprint density at radius 2 is 1.38 bits per heavy atom. The van der Waals surface area contributed by atoms with Gasteiger partial charge in [-0.25, -0.2) is 19.6 Å². The van der Waals surface area contributed by atoms with E-state index in [0.717, 1.165) is 69.8 Å². The summed E-state index contributed by atoms with van der Waals surface area (Å²) in [5, 5.41) is 7.19. The second-order valence-corrected chi connectivity index (χ2v) is 20.7. The van der Waals surface area contributed by atoms with Gasteiger partial charge in [-0.05, 0) is 117 Å². The predicted octanol–water partition coefficient (Wildman–Crippen LogP) is 10.3. The third-order valence-corrected chi connectivity index (χ3v) is 18.0. The molecule has 1 amide bonds. The fourth-order valence-corrected chi connectivity index (χ4v) is 14.4. The van der Waals surface area contributed by atoms with Crippen LogP contribution in [0.15, 0.2) is 122 Å². The van der Waals surface area contributed by atoms with E-state index in [1.54, 1.807) is 0 Å². The molecule has 4 aliphatic heterocycles. The Balaban J connectivity index is 1.06. The number of cyclic esters (lactones) is 2. The van der Waals surface area contributed by atoms with Crippen LogP contribution in [0.3, 0.4) is 0 Å². The average Bonchev–Trinajstić information content (AvgIpc) is 3.99. The van der Waals surface area contributed by atoms with Crippen molar-refractivity contribution in [2.45, 2.75) is 72.1 Å². The van der Waals surface area contributed by atoms with Gasteiger partial charge in [-0.2, -0.15) is 0 Å². The van der Waals surface area contributed by atoms with Crippen molar-refractivity contribution < 1.29 is 19.1 Å². The molecule has 0 saturated carbocycles. The van der Waals surface area contributed by atoms with Gasteiger partial charge in [-0.3, -0.25) is 4.79 Å². The van der Waals surface area contributed by atoms with Crippen LogP contribution in [0.1, 0.15) is 126 Å². The summed E-state index contributed by atoms with van der Waals surface area (Å²) in [5.74, 6) is -1.90. The van der Waals surface area contributed by atoms with Gasteiger partial charge in [0.2, 0.25) is 5.91 Å². The molecule has 3 aromatic carbocycles. The van der Waals surface area contributed by atoms with Gasteiger partial charge in [0.1, 0.15) is 28.7 Å². The van der Waals surface area contributed by atoms with E-state index in [0.29, 0.717) is 40.8 Å². The van der Waals surface area contributed by atoms with Crippen molar-refractivity contribution in [1.82, 2.24) is 25.3 Å². The van der Waals surface area contributed by atoms with E-state index in [9.17, 15) is 14.4 Å². The molecule has 0 fully saturated rings. The number of ether oxygens (including phenoxy) is 1. The number of benzene rings is 3. The van der Waals surface area contributed by atoms with Crippen molar-refractivity contribution in [3.63, 3.8) is 0 Å². The standard InChI is InChI=1S/C54H52N5O4P/c1-7-39-32(3)42-29-44-34(5)41(25-26-48(60)55-27-18-28-64(36-19-12-9-13-20-36,37-21-14-10-15-22-37)38-23-16-11-17-24-38)51(58-44)50-52-49(53(61)63-54(50)62)35(6)45(59-52)31-47-40(8-2)33(4)43(57-47)30-46(39)56-42/h7,9-17,19-24,29-31,34,41H,1,8,18,25-28H2,2-6H3,(H2-,55,56,57,58,59,60,61,62)/p+1/t34-,41?/m0/s1. The quantitative estimate of drug-likeness (QED) is 0.0496. The highest BCUT2D eigenvalue weighted by molar-refractivity contribution is 7.95. The summed E-state index contributed by atoms with van der Waals surface area (Å²) in [6.45, 7) is 14.8. The summed E-state index contributed by atoms with van der Waals surface area (Å²) < 4.78 is 5.50. The number of allylic oxidation sites excluding steroid dienone is 5. The molecular weight excluding hydrogens is 814 g/mol. The van der Waals surface area contributed by atoms with E-state index in [-0.39, 0.29) is 29.7 Å². The predicted molar refractivity (Wildman–Crippen MR) is 260 cm³/mol. The fourth-order valence-electron chi connectivity index (χ4n) is 10.0. The first kappa shape index (κ1) is 42.6. The maximum Gasteiger partial charge on any atom is 0.349 e. The Labute approximate surface area is 374 Å². The highest BCUT2D eigenvalue weighted by Gasteiger charge is 2.45. The fraction of sp³-hybridized carbons (Fsp3) is 0.241. The number of amides is 1. The number of aryl methyl sites for hydroxylation is 1. The number of rotatable bonds is 12. The van der Waals surface area contributed by atoms with Crippen molar-refractivity contribution >= 4 is 74.3 Å². The van der Waals surface area contributed by atoms with E-state index in [2.05, 4.69) is 134 Å². The molecule has 0 aliphatic carbocycles. The number of hydrogen-bond acceptors (Lipinski definition) is 6. The van der Waals surface area contributed by atoms with E-state index in [1.165, 1.54) is 15.9 Å². The topological polar surface area (TPSA) is 130 Å². The largest absolute Gasteiger partial charge is 0.386 e. The molecule has 322 valence electrons. The number of aromatic amines is 2. The van der Waals surface area contributed by atoms with E-state index in [4.69, 9.17) is 14.7 Å². The summed E-state index contributed by atoms with van der Waals surface area (Å²) in [7, 11) is -2.04. The molecule has 2 aromatic heterocycles. The van der Waals surface area contributed by atoms with Crippen LogP contribution in [-0.2, 0) is 9.53 Å². The Morgan fingerprint density at radius 1 is 0.781 bits per heavy atom. The van der Waals surface area contributed by atoms with Crippen molar-refractivity contribution in [1.29, 1.82) is 0 Å². The average molecular weight is 867 g/mol. The van der Waals surface area contributed by atoms with Gasteiger partial charge in [0, 0.05) is 47.3 Å². The first-order valence-corrected chi connectivity index (χ1v) is 24.2. The minimum absolute atomic E-state index is 0.0575. The van der Waals surface area contributed by atoms with Crippen molar-refractivity contribution in [3.8, 4) is 0 Å². The van der Waals surface area contributed by atoms with Crippen LogP contribution in [0.2, 0.25) is 0 Å². The van der Waals surface area contributed by atoms with Crippen molar-refractivity contribution in [3.05, 3.63) is 173 Å². The van der Waals surface area contributed by atoms with Gasteiger partial charge < -0.3 is 20.0 Å². The number of esters is 2.